The summed E-state index contributed by atoms with van der Waals surface area (Å²) in [6, 6.07) is 24.1. The number of para-hydroxylation sites is 1. The minimum atomic E-state index is 0.718. The van der Waals surface area contributed by atoms with Gasteiger partial charge in [-0.15, -0.1) is 0 Å². The molecule has 4 rings (SSSR count). The summed E-state index contributed by atoms with van der Waals surface area (Å²) in [5, 5.41) is 1.76. The Kier molecular flexibility index (Phi) is 3.75. The van der Waals surface area contributed by atoms with E-state index in [9.17, 15) is 0 Å². The van der Waals surface area contributed by atoms with Crippen molar-refractivity contribution >= 4 is 22.5 Å². The van der Waals surface area contributed by atoms with E-state index in [0.29, 0.717) is 0 Å². The van der Waals surface area contributed by atoms with Crippen LogP contribution in [-0.2, 0) is 0 Å². The molecule has 0 radical (unpaired) electrons. The zero-order chi connectivity index (χ0) is 16.5. The third-order valence-electron chi connectivity index (χ3n) is 4.03. The van der Waals surface area contributed by atoms with Gasteiger partial charge in [0, 0.05) is 21.5 Å². The molecule has 3 aromatic carbocycles. The molecule has 1 heterocycles. The van der Waals surface area contributed by atoms with Crippen molar-refractivity contribution in [3.05, 3.63) is 83.4 Å². The number of hydrogen-bond donors (Lipinski definition) is 0. The van der Waals surface area contributed by atoms with Gasteiger partial charge in [-0.25, -0.2) is 9.97 Å². The molecule has 0 aliphatic heterocycles. The lowest BCUT2D eigenvalue weighted by Crippen LogP contribution is -1.95. The number of aromatic nitrogens is 2. The van der Waals surface area contributed by atoms with E-state index in [4.69, 9.17) is 21.6 Å². The number of rotatable bonds is 2. The largest absolute Gasteiger partial charge is 0.228 e. The summed E-state index contributed by atoms with van der Waals surface area (Å²) in [5.74, 6) is 0.735. The van der Waals surface area contributed by atoms with Crippen molar-refractivity contribution in [2.45, 2.75) is 6.92 Å². The molecule has 4 aromatic rings. The first-order chi connectivity index (χ1) is 11.7. The minimum absolute atomic E-state index is 0.718. The van der Waals surface area contributed by atoms with Crippen LogP contribution in [0.1, 0.15) is 5.56 Å². The highest BCUT2D eigenvalue weighted by atomic mass is 35.5. The lowest BCUT2D eigenvalue weighted by atomic mass is 10.1. The molecule has 0 saturated heterocycles. The van der Waals surface area contributed by atoms with Crippen molar-refractivity contribution in [1.29, 1.82) is 0 Å². The van der Waals surface area contributed by atoms with Crippen molar-refractivity contribution in [3.8, 4) is 22.6 Å². The molecular weight excluding hydrogens is 316 g/mol. The van der Waals surface area contributed by atoms with E-state index in [2.05, 4.69) is 37.3 Å². The van der Waals surface area contributed by atoms with E-state index < -0.39 is 0 Å². The zero-order valence-corrected chi connectivity index (χ0v) is 14.0. The van der Waals surface area contributed by atoms with E-state index in [0.717, 1.165) is 38.6 Å². The second-order valence-corrected chi connectivity index (χ2v) is 6.22. The van der Waals surface area contributed by atoms with Crippen LogP contribution in [0.15, 0.2) is 72.8 Å². The van der Waals surface area contributed by atoms with E-state index in [-0.39, 0.29) is 0 Å². The van der Waals surface area contributed by atoms with Crippen molar-refractivity contribution in [2.24, 2.45) is 0 Å². The van der Waals surface area contributed by atoms with Crippen LogP contribution >= 0.6 is 11.6 Å². The Morgan fingerprint density at radius 1 is 0.708 bits per heavy atom. The fourth-order valence-corrected chi connectivity index (χ4v) is 2.86. The highest BCUT2D eigenvalue weighted by molar-refractivity contribution is 6.30. The third kappa shape index (κ3) is 2.77. The SMILES string of the molecule is Cc1ccc(-c2nc(-c3ccc(Cl)cc3)c3ccccc3n2)cc1. The van der Waals surface area contributed by atoms with Gasteiger partial charge < -0.3 is 0 Å². The van der Waals surface area contributed by atoms with Crippen LogP contribution in [0.2, 0.25) is 5.02 Å². The molecule has 0 spiro atoms. The van der Waals surface area contributed by atoms with Gasteiger partial charge in [0.2, 0.25) is 0 Å². The number of hydrogen-bond acceptors (Lipinski definition) is 2. The average Bonchev–Trinajstić information content (AvgIpc) is 2.62. The lowest BCUT2D eigenvalue weighted by molar-refractivity contribution is 1.23. The maximum Gasteiger partial charge on any atom is 0.160 e. The van der Waals surface area contributed by atoms with Gasteiger partial charge in [0.1, 0.15) is 0 Å². The molecule has 1 aromatic heterocycles. The Morgan fingerprint density at radius 3 is 2.12 bits per heavy atom. The summed E-state index contributed by atoms with van der Waals surface area (Å²) >= 11 is 6.03. The third-order valence-corrected chi connectivity index (χ3v) is 4.28. The first-order valence-electron chi connectivity index (χ1n) is 7.80. The van der Waals surface area contributed by atoms with Crippen LogP contribution < -0.4 is 0 Å². The van der Waals surface area contributed by atoms with Crippen LogP contribution in [0.25, 0.3) is 33.5 Å². The maximum atomic E-state index is 6.03. The van der Waals surface area contributed by atoms with Crippen molar-refractivity contribution in [1.82, 2.24) is 9.97 Å². The molecule has 0 unspecified atom stereocenters. The van der Waals surface area contributed by atoms with Gasteiger partial charge in [0.25, 0.3) is 0 Å². The summed E-state index contributed by atoms with van der Waals surface area (Å²) < 4.78 is 0. The zero-order valence-electron chi connectivity index (χ0n) is 13.2. The molecule has 0 fully saturated rings. The van der Waals surface area contributed by atoms with Crippen molar-refractivity contribution in [3.63, 3.8) is 0 Å². The molecule has 0 N–H and O–H groups in total. The molecule has 0 amide bonds. The van der Waals surface area contributed by atoms with Gasteiger partial charge in [-0.1, -0.05) is 71.8 Å². The van der Waals surface area contributed by atoms with Crippen LogP contribution in [-0.4, -0.2) is 9.97 Å². The fourth-order valence-electron chi connectivity index (χ4n) is 2.74. The summed E-state index contributed by atoms with van der Waals surface area (Å²) in [6.45, 7) is 2.07. The fraction of sp³-hybridized carbons (Fsp3) is 0.0476. The van der Waals surface area contributed by atoms with Gasteiger partial charge in [0.15, 0.2) is 5.82 Å². The molecule has 2 nitrogen and oxygen atoms in total. The molecule has 0 atom stereocenters. The second-order valence-electron chi connectivity index (χ2n) is 5.79. The van der Waals surface area contributed by atoms with Crippen LogP contribution in [0, 0.1) is 6.92 Å². The number of nitrogens with zero attached hydrogens (tertiary/aromatic N) is 2. The molecule has 0 aliphatic carbocycles. The first kappa shape index (κ1) is 14.9. The monoisotopic (exact) mass is 330 g/mol. The molecule has 0 bridgehead atoms. The highest BCUT2D eigenvalue weighted by Gasteiger charge is 2.11. The van der Waals surface area contributed by atoms with E-state index in [1.165, 1.54) is 5.56 Å². The van der Waals surface area contributed by atoms with Crippen molar-refractivity contribution < 1.29 is 0 Å². The Labute approximate surface area is 145 Å². The Balaban J connectivity index is 1.97. The second kappa shape index (κ2) is 6.06. The molecule has 0 aliphatic rings. The smallest absolute Gasteiger partial charge is 0.160 e. The molecule has 0 saturated carbocycles. The van der Waals surface area contributed by atoms with Crippen LogP contribution in [0.3, 0.4) is 0 Å². The van der Waals surface area contributed by atoms with Gasteiger partial charge in [-0.3, -0.25) is 0 Å². The number of benzene rings is 3. The van der Waals surface area contributed by atoms with Crippen molar-refractivity contribution in [2.75, 3.05) is 0 Å². The summed E-state index contributed by atoms with van der Waals surface area (Å²) in [5.41, 5.74) is 5.13. The standard InChI is InChI=1S/C21H15ClN2/c1-14-6-8-16(9-7-14)21-23-19-5-3-2-4-18(19)20(24-21)15-10-12-17(22)13-11-15/h2-13H,1H3. The number of fused-ring (bicyclic) bond motifs is 1. The predicted octanol–water partition coefficient (Wildman–Crippen LogP) is 5.93. The average molecular weight is 331 g/mol. The molecular formula is C21H15ClN2. The summed E-state index contributed by atoms with van der Waals surface area (Å²) in [4.78, 5) is 9.59. The maximum absolute atomic E-state index is 6.03. The molecule has 24 heavy (non-hydrogen) atoms. The Bertz CT molecular complexity index is 1010. The molecule has 116 valence electrons. The Hall–Kier alpha value is -2.71. The minimum Gasteiger partial charge on any atom is -0.228 e. The van der Waals surface area contributed by atoms with Gasteiger partial charge in [-0.05, 0) is 25.1 Å². The highest BCUT2D eigenvalue weighted by Crippen LogP contribution is 2.29. The first-order valence-corrected chi connectivity index (χ1v) is 8.18. The topological polar surface area (TPSA) is 25.8 Å². The van der Waals surface area contributed by atoms with Gasteiger partial charge >= 0.3 is 0 Å². The van der Waals surface area contributed by atoms with Gasteiger partial charge in [-0.2, -0.15) is 0 Å². The van der Waals surface area contributed by atoms with E-state index >= 15 is 0 Å². The van der Waals surface area contributed by atoms with E-state index in [1.54, 1.807) is 0 Å². The van der Waals surface area contributed by atoms with Crippen LogP contribution in [0.4, 0.5) is 0 Å². The van der Waals surface area contributed by atoms with E-state index in [1.807, 2.05) is 42.5 Å². The van der Waals surface area contributed by atoms with Crippen LogP contribution in [0.5, 0.6) is 0 Å². The Morgan fingerprint density at radius 2 is 1.38 bits per heavy atom. The quantitative estimate of drug-likeness (QED) is 0.455. The predicted molar refractivity (Wildman–Crippen MR) is 100 cm³/mol. The summed E-state index contributed by atoms with van der Waals surface area (Å²) in [6.07, 6.45) is 0. The number of aryl methyl sites for hydroxylation is 1. The molecule has 3 heteroatoms. The lowest BCUT2D eigenvalue weighted by Gasteiger charge is -2.09. The summed E-state index contributed by atoms with van der Waals surface area (Å²) in [7, 11) is 0. The normalized spacial score (nSPS) is 10.9. The van der Waals surface area contributed by atoms with Gasteiger partial charge in [0.05, 0.1) is 11.2 Å². The number of halogens is 1.